The van der Waals surface area contributed by atoms with Crippen molar-refractivity contribution in [3.63, 3.8) is 0 Å². The number of amides is 2. The van der Waals surface area contributed by atoms with Crippen LogP contribution in [-0.4, -0.2) is 63.8 Å². The van der Waals surface area contributed by atoms with Gasteiger partial charge in [0.25, 0.3) is 11.8 Å². The second-order valence-corrected chi connectivity index (χ2v) is 8.16. The maximum atomic E-state index is 13.1. The van der Waals surface area contributed by atoms with E-state index in [1.807, 2.05) is 24.3 Å². The number of benzene rings is 2. The summed E-state index contributed by atoms with van der Waals surface area (Å²) in [7, 11) is 4.69. The van der Waals surface area contributed by atoms with Crippen molar-refractivity contribution < 1.29 is 28.5 Å². The Labute approximate surface area is 193 Å². The molecule has 4 rings (SSSR count). The zero-order chi connectivity index (χ0) is 23.4. The smallest absolute Gasteiger partial charge is 0.255 e. The van der Waals surface area contributed by atoms with E-state index in [0.717, 1.165) is 30.6 Å². The summed E-state index contributed by atoms with van der Waals surface area (Å²) in [4.78, 5) is 27.8. The van der Waals surface area contributed by atoms with Crippen LogP contribution in [0.4, 0.5) is 0 Å². The molecule has 176 valence electrons. The highest BCUT2D eigenvalue weighted by Gasteiger charge is 2.33. The predicted molar refractivity (Wildman–Crippen MR) is 122 cm³/mol. The van der Waals surface area contributed by atoms with Crippen LogP contribution in [0.2, 0.25) is 0 Å². The Morgan fingerprint density at radius 3 is 2.64 bits per heavy atom. The highest BCUT2D eigenvalue weighted by Crippen LogP contribution is 2.39. The van der Waals surface area contributed by atoms with Crippen molar-refractivity contribution in [3.8, 4) is 17.2 Å². The van der Waals surface area contributed by atoms with Crippen LogP contribution in [0, 0.1) is 0 Å². The lowest BCUT2D eigenvalue weighted by molar-refractivity contribution is 0.0544. The molecule has 33 heavy (non-hydrogen) atoms. The number of methoxy groups -OCH3 is 3. The van der Waals surface area contributed by atoms with Gasteiger partial charge in [-0.05, 0) is 37.0 Å². The van der Waals surface area contributed by atoms with Gasteiger partial charge in [-0.15, -0.1) is 0 Å². The number of rotatable bonds is 9. The lowest BCUT2D eigenvalue weighted by Gasteiger charge is -2.19. The standard InChI is InChI=1S/C25H30N2O6/c1-30-20-10-9-16(22(31-2)23(20)32-3)11-12-26-24(28)19-8-4-6-17-14-27(25(29)21(17)19)15-18-7-5-13-33-18/h4,6,8-10,18H,5,7,11-15H2,1-3H3,(H,26,28). The van der Waals surface area contributed by atoms with Crippen LogP contribution in [0.5, 0.6) is 17.2 Å². The van der Waals surface area contributed by atoms with Gasteiger partial charge in [0.05, 0.1) is 38.6 Å². The van der Waals surface area contributed by atoms with Gasteiger partial charge >= 0.3 is 0 Å². The van der Waals surface area contributed by atoms with Gasteiger partial charge in [-0.25, -0.2) is 0 Å². The van der Waals surface area contributed by atoms with E-state index in [4.69, 9.17) is 18.9 Å². The number of hydrogen-bond acceptors (Lipinski definition) is 6. The maximum absolute atomic E-state index is 13.1. The monoisotopic (exact) mass is 454 g/mol. The summed E-state index contributed by atoms with van der Waals surface area (Å²) in [6.45, 7) is 2.20. The average Bonchev–Trinajstić information content (AvgIpc) is 3.46. The molecule has 0 bridgehead atoms. The van der Waals surface area contributed by atoms with Gasteiger partial charge < -0.3 is 29.2 Å². The van der Waals surface area contributed by atoms with Crippen LogP contribution in [0.25, 0.3) is 0 Å². The van der Waals surface area contributed by atoms with Gasteiger partial charge in [-0.2, -0.15) is 0 Å². The number of fused-ring (bicyclic) bond motifs is 1. The molecule has 2 aromatic rings. The summed E-state index contributed by atoms with van der Waals surface area (Å²) in [6, 6.07) is 9.14. The Balaban J connectivity index is 1.43. The molecule has 1 saturated heterocycles. The molecule has 0 aromatic heterocycles. The minimum Gasteiger partial charge on any atom is -0.493 e. The van der Waals surface area contributed by atoms with Gasteiger partial charge in [0.2, 0.25) is 5.75 Å². The first-order valence-corrected chi connectivity index (χ1v) is 11.2. The molecule has 2 aromatic carbocycles. The van der Waals surface area contributed by atoms with E-state index < -0.39 is 0 Å². The molecule has 1 fully saturated rings. The molecule has 0 aliphatic carbocycles. The van der Waals surface area contributed by atoms with Gasteiger partial charge in [0.1, 0.15) is 0 Å². The lowest BCUT2D eigenvalue weighted by atomic mass is 10.0. The molecular formula is C25H30N2O6. The van der Waals surface area contributed by atoms with E-state index >= 15 is 0 Å². The van der Waals surface area contributed by atoms with Crippen molar-refractivity contribution in [1.82, 2.24) is 10.2 Å². The molecule has 8 nitrogen and oxygen atoms in total. The minimum atomic E-state index is -0.265. The van der Waals surface area contributed by atoms with Crippen LogP contribution in [0.1, 0.15) is 44.7 Å². The second-order valence-electron chi connectivity index (χ2n) is 8.16. The third-order valence-corrected chi connectivity index (χ3v) is 6.17. The van der Waals surface area contributed by atoms with Gasteiger partial charge in [0.15, 0.2) is 11.5 Å². The molecule has 0 saturated carbocycles. The number of nitrogens with one attached hydrogen (secondary N) is 1. The first-order valence-electron chi connectivity index (χ1n) is 11.2. The average molecular weight is 455 g/mol. The molecule has 0 spiro atoms. The van der Waals surface area contributed by atoms with Crippen molar-refractivity contribution in [2.24, 2.45) is 0 Å². The maximum Gasteiger partial charge on any atom is 0.255 e. The van der Waals surface area contributed by atoms with E-state index in [0.29, 0.717) is 54.4 Å². The van der Waals surface area contributed by atoms with Crippen molar-refractivity contribution in [1.29, 1.82) is 0 Å². The van der Waals surface area contributed by atoms with Crippen LogP contribution in [-0.2, 0) is 17.7 Å². The van der Waals surface area contributed by atoms with E-state index in [9.17, 15) is 9.59 Å². The summed E-state index contributed by atoms with van der Waals surface area (Å²) in [5.74, 6) is 1.30. The highest BCUT2D eigenvalue weighted by molar-refractivity contribution is 6.09. The van der Waals surface area contributed by atoms with Crippen LogP contribution < -0.4 is 19.5 Å². The number of carbonyl (C=O) groups is 2. The van der Waals surface area contributed by atoms with Crippen LogP contribution >= 0.6 is 0 Å². The minimum absolute atomic E-state index is 0.0806. The fourth-order valence-corrected chi connectivity index (χ4v) is 4.56. The molecule has 2 amide bonds. The number of nitrogens with zero attached hydrogens (tertiary/aromatic N) is 1. The quantitative estimate of drug-likeness (QED) is 0.627. The number of hydrogen-bond donors (Lipinski definition) is 1. The summed E-state index contributed by atoms with van der Waals surface area (Å²) >= 11 is 0. The lowest BCUT2D eigenvalue weighted by Crippen LogP contribution is -2.33. The molecule has 1 atom stereocenters. The summed E-state index contributed by atoms with van der Waals surface area (Å²) in [6.07, 6.45) is 2.60. The number of carbonyl (C=O) groups excluding carboxylic acids is 2. The molecule has 2 heterocycles. The Kier molecular flexibility index (Phi) is 7.03. The SMILES string of the molecule is COc1ccc(CCNC(=O)c2cccc3c2C(=O)N(CC2CCCO2)C3)c(OC)c1OC. The summed E-state index contributed by atoms with van der Waals surface area (Å²) in [5, 5.41) is 2.94. The zero-order valence-corrected chi connectivity index (χ0v) is 19.3. The zero-order valence-electron chi connectivity index (χ0n) is 19.3. The summed E-state index contributed by atoms with van der Waals surface area (Å²) in [5.41, 5.74) is 2.67. The molecule has 0 radical (unpaired) electrons. The Morgan fingerprint density at radius 1 is 1.12 bits per heavy atom. The fourth-order valence-electron chi connectivity index (χ4n) is 4.56. The third kappa shape index (κ3) is 4.61. The van der Waals surface area contributed by atoms with Crippen molar-refractivity contribution in [2.45, 2.75) is 31.9 Å². The van der Waals surface area contributed by atoms with E-state index in [-0.39, 0.29) is 17.9 Å². The van der Waals surface area contributed by atoms with Crippen molar-refractivity contribution >= 4 is 11.8 Å². The molecular weight excluding hydrogens is 424 g/mol. The van der Waals surface area contributed by atoms with Crippen LogP contribution in [0.15, 0.2) is 30.3 Å². The van der Waals surface area contributed by atoms with Crippen molar-refractivity contribution in [2.75, 3.05) is 41.0 Å². The summed E-state index contributed by atoms with van der Waals surface area (Å²) < 4.78 is 21.9. The van der Waals surface area contributed by atoms with E-state index in [1.165, 1.54) is 0 Å². The molecule has 2 aliphatic heterocycles. The second kappa shape index (κ2) is 10.1. The Bertz CT molecular complexity index is 1030. The highest BCUT2D eigenvalue weighted by atomic mass is 16.5. The number of ether oxygens (including phenoxy) is 4. The first kappa shape index (κ1) is 22.9. The topological polar surface area (TPSA) is 86.3 Å². The third-order valence-electron chi connectivity index (χ3n) is 6.17. The predicted octanol–water partition coefficient (Wildman–Crippen LogP) is 2.82. The molecule has 2 aliphatic rings. The Hall–Kier alpha value is -3.26. The molecule has 1 N–H and O–H groups in total. The fraction of sp³-hybridized carbons (Fsp3) is 0.440. The van der Waals surface area contributed by atoms with E-state index in [2.05, 4.69) is 5.32 Å². The van der Waals surface area contributed by atoms with Gasteiger partial charge in [0, 0.05) is 31.8 Å². The molecule has 8 heteroatoms. The molecule has 1 unspecified atom stereocenters. The van der Waals surface area contributed by atoms with Gasteiger partial charge in [-0.3, -0.25) is 9.59 Å². The first-order chi connectivity index (χ1) is 16.1. The van der Waals surface area contributed by atoms with Crippen molar-refractivity contribution in [3.05, 3.63) is 52.6 Å². The Morgan fingerprint density at radius 2 is 1.94 bits per heavy atom. The van der Waals surface area contributed by atoms with E-state index in [1.54, 1.807) is 32.3 Å². The normalized spacial score (nSPS) is 17.1. The van der Waals surface area contributed by atoms with Crippen LogP contribution in [0.3, 0.4) is 0 Å². The van der Waals surface area contributed by atoms with Gasteiger partial charge in [-0.1, -0.05) is 18.2 Å². The largest absolute Gasteiger partial charge is 0.493 e.